The van der Waals surface area contributed by atoms with Crippen molar-refractivity contribution in [1.82, 2.24) is 4.90 Å². The fraction of sp³-hybridized carbons (Fsp3) is 0.263. The molecule has 26 heavy (non-hydrogen) atoms. The summed E-state index contributed by atoms with van der Waals surface area (Å²) in [4.78, 5) is 28.0. The molecule has 0 saturated carbocycles. The number of urea groups is 1. The minimum absolute atomic E-state index is 0.162. The number of rotatable bonds is 4. The SMILES string of the molecule is CCOC(=O)c1ccc2c(c1)N(Cc1ccc(Cl)cc1Cl)C(=O)N(C)C2. The molecule has 136 valence electrons. The number of carbonyl (C=O) groups is 2. The lowest BCUT2D eigenvalue weighted by atomic mass is 10.0. The summed E-state index contributed by atoms with van der Waals surface area (Å²) < 4.78 is 5.06. The Morgan fingerprint density at radius 2 is 1.96 bits per heavy atom. The first-order chi connectivity index (χ1) is 12.4. The number of anilines is 1. The Hall–Kier alpha value is -2.24. The van der Waals surface area contributed by atoms with E-state index in [0.717, 1.165) is 11.1 Å². The van der Waals surface area contributed by atoms with Crippen LogP contribution in [0.25, 0.3) is 0 Å². The molecular weight excluding hydrogens is 375 g/mol. The number of hydrogen-bond donors (Lipinski definition) is 0. The van der Waals surface area contributed by atoms with E-state index in [1.165, 1.54) is 0 Å². The van der Waals surface area contributed by atoms with Crippen molar-refractivity contribution in [3.8, 4) is 0 Å². The Balaban J connectivity index is 2.00. The van der Waals surface area contributed by atoms with Gasteiger partial charge in [0.1, 0.15) is 0 Å². The van der Waals surface area contributed by atoms with Gasteiger partial charge in [-0.1, -0.05) is 35.3 Å². The predicted molar refractivity (Wildman–Crippen MR) is 102 cm³/mol. The van der Waals surface area contributed by atoms with Crippen LogP contribution in [0.5, 0.6) is 0 Å². The van der Waals surface area contributed by atoms with E-state index in [9.17, 15) is 9.59 Å². The van der Waals surface area contributed by atoms with Crippen LogP contribution in [-0.2, 0) is 17.8 Å². The van der Waals surface area contributed by atoms with Gasteiger partial charge in [0.15, 0.2) is 0 Å². The van der Waals surface area contributed by atoms with Gasteiger partial charge in [-0.3, -0.25) is 4.90 Å². The van der Waals surface area contributed by atoms with Crippen molar-refractivity contribution < 1.29 is 14.3 Å². The summed E-state index contributed by atoms with van der Waals surface area (Å²) in [6.07, 6.45) is 0. The van der Waals surface area contributed by atoms with Gasteiger partial charge in [-0.2, -0.15) is 0 Å². The molecule has 2 aromatic carbocycles. The molecule has 0 spiro atoms. The number of benzene rings is 2. The van der Waals surface area contributed by atoms with Crippen molar-refractivity contribution in [2.75, 3.05) is 18.6 Å². The maximum absolute atomic E-state index is 12.7. The fourth-order valence-electron chi connectivity index (χ4n) is 2.90. The number of amides is 2. The monoisotopic (exact) mass is 392 g/mol. The van der Waals surface area contributed by atoms with Crippen LogP contribution in [0, 0.1) is 0 Å². The Morgan fingerprint density at radius 1 is 1.19 bits per heavy atom. The van der Waals surface area contributed by atoms with Crippen LogP contribution in [0.4, 0.5) is 10.5 Å². The van der Waals surface area contributed by atoms with E-state index in [1.54, 1.807) is 54.1 Å². The van der Waals surface area contributed by atoms with E-state index in [0.29, 0.717) is 34.4 Å². The number of carbonyl (C=O) groups excluding carboxylic acids is 2. The lowest BCUT2D eigenvalue weighted by Crippen LogP contribution is -2.44. The first-order valence-corrected chi connectivity index (χ1v) is 8.93. The van der Waals surface area contributed by atoms with Gasteiger partial charge in [0.25, 0.3) is 0 Å². The maximum Gasteiger partial charge on any atom is 0.338 e. The zero-order chi connectivity index (χ0) is 18.8. The van der Waals surface area contributed by atoms with E-state index >= 15 is 0 Å². The van der Waals surface area contributed by atoms with E-state index in [4.69, 9.17) is 27.9 Å². The molecule has 0 saturated heterocycles. The number of ether oxygens (including phenoxy) is 1. The zero-order valence-corrected chi connectivity index (χ0v) is 16.0. The van der Waals surface area contributed by atoms with Crippen molar-refractivity contribution in [3.05, 3.63) is 63.1 Å². The molecule has 0 radical (unpaired) electrons. The third-order valence-corrected chi connectivity index (χ3v) is 4.78. The van der Waals surface area contributed by atoms with E-state index in [-0.39, 0.29) is 12.6 Å². The van der Waals surface area contributed by atoms with Gasteiger partial charge >= 0.3 is 12.0 Å². The summed E-state index contributed by atoms with van der Waals surface area (Å²) in [6.45, 7) is 2.80. The molecule has 7 heteroatoms. The van der Waals surface area contributed by atoms with Crippen molar-refractivity contribution in [1.29, 1.82) is 0 Å². The average molecular weight is 393 g/mol. The van der Waals surface area contributed by atoms with E-state index < -0.39 is 5.97 Å². The first kappa shape index (κ1) is 18.5. The summed E-state index contributed by atoms with van der Waals surface area (Å²) in [5.74, 6) is -0.411. The van der Waals surface area contributed by atoms with Crippen molar-refractivity contribution in [3.63, 3.8) is 0 Å². The lowest BCUT2D eigenvalue weighted by molar-refractivity contribution is 0.0526. The van der Waals surface area contributed by atoms with Gasteiger partial charge in [-0.15, -0.1) is 0 Å². The van der Waals surface area contributed by atoms with Crippen LogP contribution in [0.3, 0.4) is 0 Å². The topological polar surface area (TPSA) is 49.9 Å². The van der Waals surface area contributed by atoms with Crippen molar-refractivity contribution >= 4 is 40.9 Å². The van der Waals surface area contributed by atoms with Crippen LogP contribution in [-0.4, -0.2) is 30.6 Å². The molecule has 0 aliphatic carbocycles. The Kier molecular flexibility index (Phi) is 5.39. The molecule has 0 unspecified atom stereocenters. The van der Waals surface area contributed by atoms with Crippen LogP contribution >= 0.6 is 23.2 Å². The molecule has 1 aliphatic rings. The summed E-state index contributed by atoms with van der Waals surface area (Å²) in [5, 5.41) is 1.02. The minimum Gasteiger partial charge on any atom is -0.462 e. The Morgan fingerprint density at radius 3 is 2.65 bits per heavy atom. The zero-order valence-electron chi connectivity index (χ0n) is 14.5. The molecule has 2 aromatic rings. The van der Waals surface area contributed by atoms with Gasteiger partial charge in [0.05, 0.1) is 24.4 Å². The van der Waals surface area contributed by atoms with Gasteiger partial charge < -0.3 is 9.64 Å². The molecule has 0 fully saturated rings. The number of fused-ring (bicyclic) bond motifs is 1. The minimum atomic E-state index is -0.411. The molecule has 0 atom stereocenters. The Labute approximate surface area is 162 Å². The second-order valence-corrected chi connectivity index (χ2v) is 6.87. The summed E-state index contributed by atoms with van der Waals surface area (Å²) in [6, 6.07) is 10.3. The number of halogens is 2. The first-order valence-electron chi connectivity index (χ1n) is 8.17. The number of esters is 1. The van der Waals surface area contributed by atoms with Crippen LogP contribution < -0.4 is 4.90 Å². The van der Waals surface area contributed by atoms with Gasteiger partial charge in [0, 0.05) is 23.6 Å². The maximum atomic E-state index is 12.7. The smallest absolute Gasteiger partial charge is 0.338 e. The van der Waals surface area contributed by atoms with Crippen molar-refractivity contribution in [2.45, 2.75) is 20.0 Å². The third kappa shape index (κ3) is 3.64. The number of hydrogen-bond acceptors (Lipinski definition) is 3. The molecule has 5 nitrogen and oxygen atoms in total. The molecule has 2 amide bonds. The third-order valence-electron chi connectivity index (χ3n) is 4.20. The summed E-state index contributed by atoms with van der Waals surface area (Å²) >= 11 is 12.2. The highest BCUT2D eigenvalue weighted by Gasteiger charge is 2.29. The molecule has 1 heterocycles. The largest absolute Gasteiger partial charge is 0.462 e. The number of nitrogens with zero attached hydrogens (tertiary/aromatic N) is 2. The molecule has 0 bridgehead atoms. The van der Waals surface area contributed by atoms with Crippen LogP contribution in [0.2, 0.25) is 10.0 Å². The van der Waals surface area contributed by atoms with Gasteiger partial charge in [0.2, 0.25) is 0 Å². The summed E-state index contributed by atoms with van der Waals surface area (Å²) in [7, 11) is 1.74. The van der Waals surface area contributed by atoms with Gasteiger partial charge in [-0.05, 0) is 42.3 Å². The van der Waals surface area contributed by atoms with Crippen LogP contribution in [0.1, 0.15) is 28.4 Å². The molecule has 1 aliphatic heterocycles. The normalized spacial score (nSPS) is 13.6. The highest BCUT2D eigenvalue weighted by Crippen LogP contribution is 2.32. The predicted octanol–water partition coefficient (Wildman–Crippen LogP) is 4.74. The van der Waals surface area contributed by atoms with Crippen LogP contribution in [0.15, 0.2) is 36.4 Å². The standard InChI is InChI=1S/C19H18Cl2N2O3/c1-3-26-18(24)12-4-5-14-10-22(2)19(25)23(17(14)8-12)11-13-6-7-15(20)9-16(13)21/h4-9H,3,10-11H2,1-2H3. The molecule has 3 rings (SSSR count). The lowest BCUT2D eigenvalue weighted by Gasteiger charge is -2.35. The van der Waals surface area contributed by atoms with E-state index in [2.05, 4.69) is 0 Å². The second kappa shape index (κ2) is 7.56. The fourth-order valence-corrected chi connectivity index (χ4v) is 3.36. The molecular formula is C19H18Cl2N2O3. The van der Waals surface area contributed by atoms with E-state index in [1.807, 2.05) is 6.07 Å². The molecule has 0 N–H and O–H groups in total. The average Bonchev–Trinajstić information content (AvgIpc) is 2.60. The Bertz CT molecular complexity index is 870. The summed E-state index contributed by atoms with van der Waals surface area (Å²) in [5.41, 5.74) is 2.82. The highest BCUT2D eigenvalue weighted by atomic mass is 35.5. The quantitative estimate of drug-likeness (QED) is 0.705. The second-order valence-electron chi connectivity index (χ2n) is 6.02. The van der Waals surface area contributed by atoms with Crippen molar-refractivity contribution in [2.24, 2.45) is 0 Å². The van der Waals surface area contributed by atoms with Gasteiger partial charge in [-0.25, -0.2) is 9.59 Å². The molecule has 0 aromatic heterocycles. The highest BCUT2D eigenvalue weighted by molar-refractivity contribution is 6.35.